The molecule has 1 nitrogen and oxygen atoms in total. The van der Waals surface area contributed by atoms with Gasteiger partial charge in [0.15, 0.2) is 0 Å². The van der Waals surface area contributed by atoms with Crippen LogP contribution in [0.5, 0.6) is 0 Å². The van der Waals surface area contributed by atoms with Crippen LogP contribution in [0.4, 0.5) is 22.0 Å². The van der Waals surface area contributed by atoms with E-state index in [1.54, 1.807) is 21.1 Å². The number of rotatable bonds is 3. The predicted molar refractivity (Wildman–Crippen MR) is 38.5 cm³/mol. The van der Waals surface area contributed by atoms with Crippen LogP contribution >= 0.6 is 0 Å². The fraction of sp³-hybridized carbons (Fsp3) is 1.00. The zero-order valence-electron chi connectivity index (χ0n) is 7.75. The molecule has 0 saturated heterocycles. The minimum Gasteiger partial charge on any atom is -0.331 e. The number of halogens is 5. The standard InChI is InChI=1S/C7H13F5N/c1-13(2,3)5-4-6(8,9)7(10,11)12/h4-5H2,1-3H3/q+1. The second-order valence-corrected chi connectivity index (χ2v) is 3.97. The monoisotopic (exact) mass is 206 g/mol. The lowest BCUT2D eigenvalue weighted by atomic mass is 10.2. The van der Waals surface area contributed by atoms with Gasteiger partial charge in [0.25, 0.3) is 0 Å². The van der Waals surface area contributed by atoms with Gasteiger partial charge in [-0.3, -0.25) is 0 Å². The first-order chi connectivity index (χ1) is 5.46. The van der Waals surface area contributed by atoms with Gasteiger partial charge in [0.1, 0.15) is 0 Å². The second kappa shape index (κ2) is 3.40. The van der Waals surface area contributed by atoms with Gasteiger partial charge in [-0.05, 0) is 0 Å². The molecule has 0 aliphatic rings. The molecule has 6 heteroatoms. The number of hydrogen-bond donors (Lipinski definition) is 0. The molecule has 0 rings (SSSR count). The number of nitrogens with zero attached hydrogens (tertiary/aromatic N) is 1. The molecule has 0 amide bonds. The van der Waals surface area contributed by atoms with Gasteiger partial charge in [0.2, 0.25) is 0 Å². The Morgan fingerprint density at radius 3 is 1.54 bits per heavy atom. The van der Waals surface area contributed by atoms with Gasteiger partial charge in [-0.1, -0.05) is 0 Å². The smallest absolute Gasteiger partial charge is 0.331 e. The van der Waals surface area contributed by atoms with Crippen molar-refractivity contribution in [3.05, 3.63) is 0 Å². The first-order valence-electron chi connectivity index (χ1n) is 3.71. The van der Waals surface area contributed by atoms with E-state index in [1.807, 2.05) is 0 Å². The normalized spacial score (nSPS) is 14.8. The van der Waals surface area contributed by atoms with E-state index in [1.165, 1.54) is 0 Å². The van der Waals surface area contributed by atoms with Crippen LogP contribution in [0, 0.1) is 0 Å². The molecule has 13 heavy (non-hydrogen) atoms. The van der Waals surface area contributed by atoms with E-state index in [0.717, 1.165) is 0 Å². The van der Waals surface area contributed by atoms with Crippen molar-refractivity contribution in [1.82, 2.24) is 0 Å². The van der Waals surface area contributed by atoms with Crippen LogP contribution in [0.1, 0.15) is 6.42 Å². The summed E-state index contributed by atoms with van der Waals surface area (Å²) in [6, 6.07) is 0. The van der Waals surface area contributed by atoms with Gasteiger partial charge in [0.05, 0.1) is 34.1 Å². The largest absolute Gasteiger partial charge is 0.453 e. The fourth-order valence-corrected chi connectivity index (χ4v) is 0.618. The Morgan fingerprint density at radius 2 is 1.31 bits per heavy atom. The molecule has 0 aromatic heterocycles. The highest BCUT2D eigenvalue weighted by Gasteiger charge is 2.57. The van der Waals surface area contributed by atoms with Crippen molar-refractivity contribution >= 4 is 0 Å². The summed E-state index contributed by atoms with van der Waals surface area (Å²) in [7, 11) is 4.69. The molecule has 0 radical (unpaired) electrons. The summed E-state index contributed by atoms with van der Waals surface area (Å²) in [4.78, 5) is 0. The molecular weight excluding hydrogens is 193 g/mol. The summed E-state index contributed by atoms with van der Waals surface area (Å²) in [6.45, 7) is -0.216. The second-order valence-electron chi connectivity index (χ2n) is 3.97. The van der Waals surface area contributed by atoms with Crippen LogP contribution in [-0.4, -0.2) is 44.3 Å². The molecule has 0 aromatic rings. The number of quaternary nitrogens is 1. The molecule has 0 atom stereocenters. The van der Waals surface area contributed by atoms with Gasteiger partial charge < -0.3 is 4.48 Å². The summed E-state index contributed by atoms with van der Waals surface area (Å²) in [6.07, 6.45) is -6.60. The van der Waals surface area contributed by atoms with Crippen LogP contribution in [0.3, 0.4) is 0 Å². The molecule has 0 N–H and O–H groups in total. The zero-order valence-corrected chi connectivity index (χ0v) is 7.75. The van der Waals surface area contributed by atoms with Crippen LogP contribution in [-0.2, 0) is 0 Å². The third kappa shape index (κ3) is 4.40. The summed E-state index contributed by atoms with van der Waals surface area (Å²) >= 11 is 0. The maximum absolute atomic E-state index is 12.3. The molecule has 0 bridgehead atoms. The number of hydrogen-bond acceptors (Lipinski definition) is 0. The maximum Gasteiger partial charge on any atom is 0.453 e. The Morgan fingerprint density at radius 1 is 0.923 bits per heavy atom. The van der Waals surface area contributed by atoms with Gasteiger partial charge in [-0.2, -0.15) is 22.0 Å². The molecule has 0 saturated carbocycles. The Balaban J connectivity index is 4.21. The van der Waals surface area contributed by atoms with Gasteiger partial charge >= 0.3 is 12.1 Å². The average molecular weight is 206 g/mol. The van der Waals surface area contributed by atoms with Crippen LogP contribution < -0.4 is 0 Å². The fourth-order valence-electron chi connectivity index (χ4n) is 0.618. The predicted octanol–water partition coefficient (Wildman–Crippen LogP) is 2.28. The van der Waals surface area contributed by atoms with Crippen molar-refractivity contribution in [3.8, 4) is 0 Å². The number of alkyl halides is 5. The SMILES string of the molecule is C[N+](C)(C)CCC(F)(F)C(F)(F)F. The Kier molecular flexibility index (Phi) is 3.30. The van der Waals surface area contributed by atoms with E-state index in [9.17, 15) is 22.0 Å². The maximum atomic E-state index is 12.3. The highest BCUT2D eigenvalue weighted by Crippen LogP contribution is 2.38. The lowest BCUT2D eigenvalue weighted by molar-refractivity contribution is -0.871. The highest BCUT2D eigenvalue weighted by molar-refractivity contribution is 4.74. The quantitative estimate of drug-likeness (QED) is 0.491. The van der Waals surface area contributed by atoms with Crippen molar-refractivity contribution in [1.29, 1.82) is 0 Å². The van der Waals surface area contributed by atoms with Crippen molar-refractivity contribution in [2.45, 2.75) is 18.5 Å². The lowest BCUT2D eigenvalue weighted by Crippen LogP contribution is -2.43. The Labute approximate surface area is 73.7 Å². The van der Waals surface area contributed by atoms with Gasteiger partial charge in [-0.15, -0.1) is 0 Å². The van der Waals surface area contributed by atoms with Crippen molar-refractivity contribution < 1.29 is 26.4 Å². The van der Waals surface area contributed by atoms with E-state index in [0.29, 0.717) is 0 Å². The van der Waals surface area contributed by atoms with E-state index < -0.39 is 18.5 Å². The van der Waals surface area contributed by atoms with Crippen LogP contribution in [0.2, 0.25) is 0 Å². The van der Waals surface area contributed by atoms with Crippen LogP contribution in [0.15, 0.2) is 0 Å². The van der Waals surface area contributed by atoms with Crippen molar-refractivity contribution in [2.24, 2.45) is 0 Å². The first-order valence-corrected chi connectivity index (χ1v) is 3.71. The zero-order chi connectivity index (χ0) is 10.9. The average Bonchev–Trinajstić information content (AvgIpc) is 1.79. The molecule has 0 aliphatic carbocycles. The summed E-state index contributed by atoms with van der Waals surface area (Å²) < 4.78 is 59.7. The van der Waals surface area contributed by atoms with E-state index in [4.69, 9.17) is 0 Å². The molecule has 0 spiro atoms. The summed E-state index contributed by atoms with van der Waals surface area (Å²) in [5.74, 6) is -4.57. The molecular formula is C7H13F5N+. The summed E-state index contributed by atoms with van der Waals surface area (Å²) in [5, 5.41) is 0. The van der Waals surface area contributed by atoms with Gasteiger partial charge in [-0.25, -0.2) is 0 Å². The third-order valence-electron chi connectivity index (χ3n) is 1.51. The molecule has 0 unspecified atom stereocenters. The van der Waals surface area contributed by atoms with Crippen molar-refractivity contribution in [3.63, 3.8) is 0 Å². The van der Waals surface area contributed by atoms with E-state index in [-0.39, 0.29) is 11.0 Å². The molecule has 0 heterocycles. The first kappa shape index (κ1) is 12.6. The van der Waals surface area contributed by atoms with Crippen molar-refractivity contribution in [2.75, 3.05) is 27.7 Å². The molecule has 0 fully saturated rings. The third-order valence-corrected chi connectivity index (χ3v) is 1.51. The van der Waals surface area contributed by atoms with E-state index in [2.05, 4.69) is 0 Å². The molecule has 80 valence electrons. The minimum absolute atomic E-state index is 0.0890. The van der Waals surface area contributed by atoms with Crippen LogP contribution in [0.25, 0.3) is 0 Å². The minimum atomic E-state index is -5.43. The highest BCUT2D eigenvalue weighted by atomic mass is 19.4. The summed E-state index contributed by atoms with van der Waals surface area (Å²) in [5.41, 5.74) is 0. The van der Waals surface area contributed by atoms with E-state index >= 15 is 0 Å². The lowest BCUT2D eigenvalue weighted by Gasteiger charge is -2.27. The molecule has 0 aromatic carbocycles. The Hall–Kier alpha value is -0.390. The van der Waals surface area contributed by atoms with Gasteiger partial charge in [0, 0.05) is 0 Å². The Bertz CT molecular complexity index is 167. The molecule has 0 aliphatic heterocycles. The topological polar surface area (TPSA) is 0 Å².